The molecule has 2 amide bonds. The van der Waals surface area contributed by atoms with Crippen molar-refractivity contribution in [2.75, 3.05) is 10.6 Å². The SMILES string of the molecule is O=C(Nc1cccc(C(=O)Nc2c(Br)cc(C(F)(C(F)(F)F)C(F)(F)F)cc2OC(F)F)c1F)c1cc(C(F)(F)F)ccc1F. The lowest BCUT2D eigenvalue weighted by atomic mass is 9.93. The second-order valence-electron chi connectivity index (χ2n) is 8.63. The van der Waals surface area contributed by atoms with Crippen LogP contribution in [0.25, 0.3) is 0 Å². The largest absolute Gasteiger partial charge is 0.435 e. The average Bonchev–Trinajstić information content (AvgIpc) is 2.88. The summed E-state index contributed by atoms with van der Waals surface area (Å²) in [5, 5.41) is 3.39. The molecule has 0 radical (unpaired) electrons. The van der Waals surface area contributed by atoms with Crippen molar-refractivity contribution in [3.63, 3.8) is 0 Å². The van der Waals surface area contributed by atoms with Gasteiger partial charge >= 0.3 is 30.8 Å². The molecule has 45 heavy (non-hydrogen) atoms. The van der Waals surface area contributed by atoms with Crippen LogP contribution in [0.2, 0.25) is 0 Å². The summed E-state index contributed by atoms with van der Waals surface area (Å²) in [7, 11) is 0. The summed E-state index contributed by atoms with van der Waals surface area (Å²) in [6.45, 7) is -3.96. The Balaban J connectivity index is 2.01. The molecule has 0 aliphatic heterocycles. The molecule has 0 heterocycles. The number of hydrogen-bond acceptors (Lipinski definition) is 3. The Morgan fingerprint density at radius 3 is 1.84 bits per heavy atom. The number of benzene rings is 3. The zero-order valence-electron chi connectivity index (χ0n) is 21.1. The van der Waals surface area contributed by atoms with Crippen LogP contribution in [0.4, 0.5) is 72.8 Å². The van der Waals surface area contributed by atoms with Gasteiger partial charge in [-0.3, -0.25) is 9.59 Å². The van der Waals surface area contributed by atoms with Gasteiger partial charge in [0, 0.05) is 10.0 Å². The molecule has 0 saturated carbocycles. The molecule has 0 aliphatic carbocycles. The quantitative estimate of drug-likeness (QED) is 0.238. The number of carbonyl (C=O) groups is 2. The number of alkyl halides is 12. The van der Waals surface area contributed by atoms with Crippen LogP contribution in [-0.2, 0) is 11.8 Å². The summed E-state index contributed by atoms with van der Waals surface area (Å²) in [6.07, 6.45) is -18.3. The standard InChI is InChI=1S/C25H11BrF14N2O3/c26-13-7-10(22(31,24(35,36)37)25(38,39)40)8-16(45-21(29)30)18(13)42-19(43)11-2-1-3-15(17(11)28)41-20(44)12-6-9(23(32,33)34)4-5-14(12)27/h1-8,21H,(H,41,44)(H,42,43). The lowest BCUT2D eigenvalue weighted by Crippen LogP contribution is -2.50. The van der Waals surface area contributed by atoms with Gasteiger partial charge in [-0.1, -0.05) is 6.07 Å². The maximum Gasteiger partial charge on any atom is 0.435 e. The molecule has 0 aliphatic rings. The number of carbonyl (C=O) groups excluding carboxylic acids is 2. The molecule has 0 fully saturated rings. The number of ether oxygens (including phenoxy) is 1. The Hall–Kier alpha value is -4.10. The van der Waals surface area contributed by atoms with Gasteiger partial charge in [-0.15, -0.1) is 0 Å². The highest BCUT2D eigenvalue weighted by atomic mass is 79.9. The maximum atomic E-state index is 15.2. The van der Waals surface area contributed by atoms with Crippen LogP contribution < -0.4 is 15.4 Å². The Bertz CT molecular complexity index is 1610. The van der Waals surface area contributed by atoms with E-state index in [1.54, 1.807) is 10.6 Å². The van der Waals surface area contributed by atoms with E-state index in [9.17, 15) is 66.7 Å². The van der Waals surface area contributed by atoms with Gasteiger partial charge in [0.15, 0.2) is 11.6 Å². The van der Waals surface area contributed by atoms with Crippen LogP contribution >= 0.6 is 15.9 Å². The van der Waals surface area contributed by atoms with Gasteiger partial charge in [0.25, 0.3) is 11.8 Å². The molecule has 0 spiro atoms. The zero-order valence-corrected chi connectivity index (χ0v) is 22.7. The van der Waals surface area contributed by atoms with E-state index in [-0.39, 0.29) is 12.1 Å². The summed E-state index contributed by atoms with van der Waals surface area (Å²) in [5.41, 5.74) is -14.2. The van der Waals surface area contributed by atoms with E-state index in [1.165, 1.54) is 0 Å². The monoisotopic (exact) mass is 732 g/mol. The molecule has 244 valence electrons. The van der Waals surface area contributed by atoms with Gasteiger partial charge in [-0.25, -0.2) is 13.2 Å². The third kappa shape index (κ3) is 7.25. The second-order valence-corrected chi connectivity index (χ2v) is 9.49. The van der Waals surface area contributed by atoms with Crippen molar-refractivity contribution in [1.82, 2.24) is 0 Å². The van der Waals surface area contributed by atoms with Crippen molar-refractivity contribution in [2.45, 2.75) is 30.8 Å². The Morgan fingerprint density at radius 1 is 0.733 bits per heavy atom. The predicted molar refractivity (Wildman–Crippen MR) is 129 cm³/mol. The zero-order chi connectivity index (χ0) is 34.3. The van der Waals surface area contributed by atoms with Crippen molar-refractivity contribution >= 4 is 39.1 Å². The molecule has 20 heteroatoms. The fourth-order valence-electron chi connectivity index (χ4n) is 3.63. The fraction of sp³-hybridized carbons (Fsp3) is 0.200. The van der Waals surface area contributed by atoms with E-state index in [4.69, 9.17) is 0 Å². The Morgan fingerprint density at radius 2 is 1.31 bits per heavy atom. The minimum atomic E-state index is -6.66. The van der Waals surface area contributed by atoms with Crippen LogP contribution in [0, 0.1) is 11.6 Å². The van der Waals surface area contributed by atoms with Gasteiger partial charge in [0.2, 0.25) is 0 Å². The number of halogens is 15. The summed E-state index contributed by atoms with van der Waals surface area (Å²) >= 11 is 2.43. The van der Waals surface area contributed by atoms with Gasteiger partial charge in [-0.2, -0.15) is 48.3 Å². The molecule has 3 rings (SSSR count). The van der Waals surface area contributed by atoms with Crippen molar-refractivity contribution in [2.24, 2.45) is 0 Å². The first-order valence-electron chi connectivity index (χ1n) is 11.4. The summed E-state index contributed by atoms with van der Waals surface area (Å²) in [6, 6.07) is 2.41. The summed E-state index contributed by atoms with van der Waals surface area (Å²) < 4.78 is 191. The lowest BCUT2D eigenvalue weighted by molar-refractivity contribution is -0.348. The molecule has 0 unspecified atom stereocenters. The molecule has 5 nitrogen and oxygen atoms in total. The summed E-state index contributed by atoms with van der Waals surface area (Å²) in [4.78, 5) is 25.2. The van der Waals surface area contributed by atoms with E-state index in [0.29, 0.717) is 18.2 Å². The number of nitrogens with one attached hydrogen (secondary N) is 2. The minimum Gasteiger partial charge on any atom is -0.433 e. The molecule has 0 bridgehead atoms. The third-order valence-corrected chi connectivity index (χ3v) is 6.34. The van der Waals surface area contributed by atoms with Crippen LogP contribution in [0.5, 0.6) is 5.75 Å². The van der Waals surface area contributed by atoms with Crippen molar-refractivity contribution in [3.8, 4) is 5.75 Å². The Labute approximate surface area is 249 Å². The second kappa shape index (κ2) is 12.4. The molecule has 2 N–H and O–H groups in total. The van der Waals surface area contributed by atoms with Gasteiger partial charge in [-0.05, 0) is 58.4 Å². The summed E-state index contributed by atoms with van der Waals surface area (Å²) in [5.74, 6) is -8.05. The molecule has 3 aromatic rings. The van der Waals surface area contributed by atoms with Gasteiger partial charge < -0.3 is 15.4 Å². The topological polar surface area (TPSA) is 67.4 Å². The predicted octanol–water partition coefficient (Wildman–Crippen LogP) is 9.14. The number of amides is 2. The highest BCUT2D eigenvalue weighted by Crippen LogP contribution is 2.55. The van der Waals surface area contributed by atoms with Gasteiger partial charge in [0.05, 0.1) is 28.1 Å². The van der Waals surface area contributed by atoms with Crippen LogP contribution in [0.15, 0.2) is 53.0 Å². The first kappa shape index (κ1) is 35.4. The smallest absolute Gasteiger partial charge is 0.433 e. The molecular formula is C25H11BrF14N2O3. The van der Waals surface area contributed by atoms with E-state index in [1.807, 2.05) is 0 Å². The highest BCUT2D eigenvalue weighted by molar-refractivity contribution is 9.10. The minimum absolute atomic E-state index is 0.106. The number of anilines is 2. The molecule has 0 atom stereocenters. The lowest BCUT2D eigenvalue weighted by Gasteiger charge is -2.31. The highest BCUT2D eigenvalue weighted by Gasteiger charge is 2.73. The van der Waals surface area contributed by atoms with Crippen LogP contribution in [0.1, 0.15) is 31.8 Å². The van der Waals surface area contributed by atoms with Crippen molar-refractivity contribution in [1.29, 1.82) is 0 Å². The molecule has 3 aromatic carbocycles. The number of rotatable bonds is 7. The van der Waals surface area contributed by atoms with E-state index in [0.717, 1.165) is 12.1 Å². The molecular weight excluding hydrogens is 722 g/mol. The van der Waals surface area contributed by atoms with Crippen LogP contribution in [0.3, 0.4) is 0 Å². The third-order valence-electron chi connectivity index (χ3n) is 5.72. The number of hydrogen-bond donors (Lipinski definition) is 2. The normalized spacial score (nSPS) is 12.7. The average molecular weight is 733 g/mol. The van der Waals surface area contributed by atoms with E-state index >= 15 is 4.39 Å². The maximum absolute atomic E-state index is 15.2. The fourth-order valence-corrected chi connectivity index (χ4v) is 4.17. The van der Waals surface area contributed by atoms with E-state index < -0.39 is 104 Å². The van der Waals surface area contributed by atoms with Crippen molar-refractivity contribution < 1.29 is 75.8 Å². The van der Waals surface area contributed by atoms with E-state index in [2.05, 4.69) is 20.7 Å². The molecule has 0 aromatic heterocycles. The van der Waals surface area contributed by atoms with Gasteiger partial charge in [0.1, 0.15) is 5.82 Å². The first-order valence-corrected chi connectivity index (χ1v) is 12.2. The first-order chi connectivity index (χ1) is 20.5. The van der Waals surface area contributed by atoms with Crippen molar-refractivity contribution in [3.05, 3.63) is 86.9 Å². The van der Waals surface area contributed by atoms with Crippen LogP contribution in [-0.4, -0.2) is 30.8 Å². The Kier molecular flexibility index (Phi) is 9.72. The molecule has 0 saturated heterocycles.